The Morgan fingerprint density at radius 3 is 2.76 bits per heavy atom. The summed E-state index contributed by atoms with van der Waals surface area (Å²) in [6.45, 7) is 5.31. The van der Waals surface area contributed by atoms with Gasteiger partial charge in [0.25, 0.3) is 5.91 Å². The summed E-state index contributed by atoms with van der Waals surface area (Å²) in [5.41, 5.74) is 5.37. The third-order valence-electron chi connectivity index (χ3n) is 5.86. The average Bonchev–Trinajstić information content (AvgIpc) is 3.24. The number of nitrogens with zero attached hydrogens (tertiary/aromatic N) is 2. The highest BCUT2D eigenvalue weighted by Gasteiger charge is 2.27. The largest absolute Gasteiger partial charge is 0.486 e. The van der Waals surface area contributed by atoms with Gasteiger partial charge in [0.2, 0.25) is 0 Å². The molecule has 1 amide bonds. The number of hydrogen-bond donors (Lipinski definition) is 3. The summed E-state index contributed by atoms with van der Waals surface area (Å²) >= 11 is 0. The molecule has 7 nitrogen and oxygen atoms in total. The molecule has 1 aliphatic heterocycles. The quantitative estimate of drug-likeness (QED) is 0.505. The zero-order valence-corrected chi connectivity index (χ0v) is 19.3. The van der Waals surface area contributed by atoms with Crippen LogP contribution >= 0.6 is 0 Å². The van der Waals surface area contributed by atoms with Crippen LogP contribution in [0.5, 0.6) is 5.75 Å². The fourth-order valence-electron chi connectivity index (χ4n) is 3.96. The van der Waals surface area contributed by atoms with Gasteiger partial charge in [0, 0.05) is 37.1 Å². The number of β-amino-alcohol motifs (C(OH)–C–C–N with tert-alkyl or cyclic N) is 1. The van der Waals surface area contributed by atoms with E-state index in [9.17, 15) is 15.2 Å². The first-order valence-electron chi connectivity index (χ1n) is 11.3. The zero-order chi connectivity index (χ0) is 24.1. The number of aromatic nitrogens is 1. The molecule has 0 spiro atoms. The first kappa shape index (κ1) is 23.4. The highest BCUT2D eigenvalue weighted by molar-refractivity contribution is 5.96. The topological polar surface area (TPSA) is 107 Å². The molecule has 1 unspecified atom stereocenters. The maximum absolute atomic E-state index is 13.0. The summed E-state index contributed by atoms with van der Waals surface area (Å²) in [5.74, 6) is 0.241. The number of aliphatic hydroxyl groups excluding tert-OH is 1. The van der Waals surface area contributed by atoms with E-state index in [4.69, 9.17) is 4.74 Å². The van der Waals surface area contributed by atoms with E-state index in [1.165, 1.54) is 0 Å². The normalized spacial score (nSPS) is 17.2. The summed E-state index contributed by atoms with van der Waals surface area (Å²) < 4.78 is 6.04. The Labute approximate surface area is 199 Å². The first-order valence-corrected chi connectivity index (χ1v) is 11.3. The molecule has 4 rings (SSSR count). The molecule has 1 aromatic heterocycles. The van der Waals surface area contributed by atoms with E-state index in [0.29, 0.717) is 48.5 Å². The van der Waals surface area contributed by atoms with Gasteiger partial charge in [-0.15, -0.1) is 0 Å². The number of nitrogens with one attached hydrogen (secondary N) is 2. The summed E-state index contributed by atoms with van der Waals surface area (Å²) in [6.07, 6.45) is 1.45. The molecule has 1 saturated heterocycles. The molecular formula is C27H28N4O3. The van der Waals surface area contributed by atoms with Crippen LogP contribution in [0.2, 0.25) is 0 Å². The SMILES string of the molecule is Cc1ccc(-c2cc(O[C@@H]3CNCC3O)cc(C(=O)NCCc3ccc(C)nc3)c2)c(C#N)c1. The van der Waals surface area contributed by atoms with Crippen LogP contribution in [0, 0.1) is 25.2 Å². The van der Waals surface area contributed by atoms with Crippen LogP contribution in [0.3, 0.4) is 0 Å². The van der Waals surface area contributed by atoms with Gasteiger partial charge in [0.1, 0.15) is 18.0 Å². The zero-order valence-electron chi connectivity index (χ0n) is 19.3. The van der Waals surface area contributed by atoms with Crippen molar-refractivity contribution in [3.8, 4) is 22.9 Å². The molecule has 174 valence electrons. The second-order valence-corrected chi connectivity index (χ2v) is 8.60. The molecule has 34 heavy (non-hydrogen) atoms. The van der Waals surface area contributed by atoms with Gasteiger partial charge in [-0.2, -0.15) is 5.26 Å². The number of nitriles is 1. The monoisotopic (exact) mass is 456 g/mol. The van der Waals surface area contributed by atoms with E-state index < -0.39 is 12.2 Å². The van der Waals surface area contributed by atoms with Gasteiger partial charge in [-0.3, -0.25) is 9.78 Å². The minimum atomic E-state index is -0.627. The second kappa shape index (κ2) is 10.5. The lowest BCUT2D eigenvalue weighted by Gasteiger charge is -2.18. The Hall–Kier alpha value is -3.73. The number of carbonyl (C=O) groups excluding carboxylic acids is 1. The number of pyridine rings is 1. The van der Waals surface area contributed by atoms with Gasteiger partial charge in [-0.25, -0.2) is 0 Å². The van der Waals surface area contributed by atoms with Gasteiger partial charge < -0.3 is 20.5 Å². The molecule has 2 heterocycles. The molecular weight excluding hydrogens is 428 g/mol. The Kier molecular flexibility index (Phi) is 7.21. The first-order chi connectivity index (χ1) is 16.4. The third-order valence-corrected chi connectivity index (χ3v) is 5.86. The number of carbonyl (C=O) groups is 1. The lowest BCUT2D eigenvalue weighted by atomic mass is 9.96. The Balaban J connectivity index is 1.59. The minimum Gasteiger partial charge on any atom is -0.486 e. The van der Waals surface area contributed by atoms with Crippen molar-refractivity contribution in [1.29, 1.82) is 5.26 Å². The van der Waals surface area contributed by atoms with Crippen molar-refractivity contribution >= 4 is 5.91 Å². The van der Waals surface area contributed by atoms with Crippen molar-refractivity contribution in [3.63, 3.8) is 0 Å². The van der Waals surface area contributed by atoms with Crippen LogP contribution in [0.1, 0.15) is 32.7 Å². The van der Waals surface area contributed by atoms with Crippen molar-refractivity contribution in [3.05, 3.63) is 82.7 Å². The van der Waals surface area contributed by atoms with Gasteiger partial charge in [0.15, 0.2) is 0 Å². The van der Waals surface area contributed by atoms with Crippen molar-refractivity contribution < 1.29 is 14.6 Å². The lowest BCUT2D eigenvalue weighted by Crippen LogP contribution is -2.30. The number of hydrogen-bond acceptors (Lipinski definition) is 6. The summed E-state index contributed by atoms with van der Waals surface area (Å²) in [7, 11) is 0. The van der Waals surface area contributed by atoms with Crippen LogP contribution in [0.25, 0.3) is 11.1 Å². The van der Waals surface area contributed by atoms with Crippen LogP contribution in [0.15, 0.2) is 54.7 Å². The van der Waals surface area contributed by atoms with Crippen LogP contribution in [-0.2, 0) is 6.42 Å². The maximum atomic E-state index is 13.0. The van der Waals surface area contributed by atoms with Crippen molar-refractivity contribution in [1.82, 2.24) is 15.6 Å². The minimum absolute atomic E-state index is 0.234. The number of amides is 1. The third kappa shape index (κ3) is 5.60. The van der Waals surface area contributed by atoms with Crippen LogP contribution in [0.4, 0.5) is 0 Å². The van der Waals surface area contributed by atoms with E-state index in [2.05, 4.69) is 21.7 Å². The second-order valence-electron chi connectivity index (χ2n) is 8.60. The predicted octanol–water partition coefficient (Wildman–Crippen LogP) is 2.92. The molecule has 1 aliphatic rings. The number of ether oxygens (including phenoxy) is 1. The van der Waals surface area contributed by atoms with Crippen LogP contribution < -0.4 is 15.4 Å². The highest BCUT2D eigenvalue weighted by atomic mass is 16.5. The molecule has 2 atom stereocenters. The predicted molar refractivity (Wildman–Crippen MR) is 130 cm³/mol. The molecule has 0 saturated carbocycles. The molecule has 3 aromatic rings. The molecule has 3 N–H and O–H groups in total. The fraction of sp³-hybridized carbons (Fsp3) is 0.296. The molecule has 0 aliphatic carbocycles. The van der Waals surface area contributed by atoms with E-state index in [0.717, 1.165) is 22.4 Å². The van der Waals surface area contributed by atoms with Gasteiger partial charge in [-0.05, 0) is 72.9 Å². The Morgan fingerprint density at radius 1 is 1.21 bits per heavy atom. The van der Waals surface area contributed by atoms with Gasteiger partial charge in [-0.1, -0.05) is 18.2 Å². The van der Waals surface area contributed by atoms with Crippen LogP contribution in [-0.4, -0.2) is 47.8 Å². The highest BCUT2D eigenvalue weighted by Crippen LogP contribution is 2.30. The number of benzene rings is 2. The molecule has 7 heteroatoms. The number of rotatable bonds is 7. The van der Waals surface area contributed by atoms with Crippen molar-refractivity contribution in [2.24, 2.45) is 0 Å². The fourth-order valence-corrected chi connectivity index (χ4v) is 3.96. The maximum Gasteiger partial charge on any atom is 0.251 e. The van der Waals surface area contributed by atoms with Crippen molar-refractivity contribution in [2.45, 2.75) is 32.5 Å². The smallest absolute Gasteiger partial charge is 0.251 e. The van der Waals surface area contributed by atoms with E-state index in [1.54, 1.807) is 12.1 Å². The Morgan fingerprint density at radius 2 is 2.06 bits per heavy atom. The molecule has 2 aromatic carbocycles. The standard InChI is InChI=1S/C27H28N4O3/c1-17-3-6-24(22(9-17)13-28)20-10-21(12-23(11-20)34-26-16-29-15-25(26)32)27(33)30-8-7-19-5-4-18(2)31-14-19/h3-6,9-12,14,25-26,29,32H,7-8,15-16H2,1-2H3,(H,30,33)/t25?,26-/m1/s1. The molecule has 0 radical (unpaired) electrons. The average molecular weight is 457 g/mol. The number of aryl methyl sites for hydroxylation is 2. The molecule has 0 bridgehead atoms. The summed E-state index contributed by atoms with van der Waals surface area (Å²) in [4.78, 5) is 17.3. The van der Waals surface area contributed by atoms with Gasteiger partial charge in [0.05, 0.1) is 11.6 Å². The van der Waals surface area contributed by atoms with Gasteiger partial charge >= 0.3 is 0 Å². The van der Waals surface area contributed by atoms with Crippen molar-refractivity contribution in [2.75, 3.05) is 19.6 Å². The number of aliphatic hydroxyl groups is 1. The van der Waals surface area contributed by atoms with E-state index in [1.807, 2.05) is 56.4 Å². The molecule has 1 fully saturated rings. The summed E-state index contributed by atoms with van der Waals surface area (Å²) in [5, 5.41) is 25.9. The lowest BCUT2D eigenvalue weighted by molar-refractivity contribution is 0.0736. The summed E-state index contributed by atoms with van der Waals surface area (Å²) in [6, 6.07) is 17.1. The Bertz CT molecular complexity index is 1220. The van der Waals surface area contributed by atoms with E-state index >= 15 is 0 Å². The van der Waals surface area contributed by atoms with E-state index in [-0.39, 0.29) is 5.91 Å².